The molecular formula is C29H24ClN3O3. The first-order valence-corrected chi connectivity index (χ1v) is 12.1. The summed E-state index contributed by atoms with van der Waals surface area (Å²) in [4.78, 5) is 26.9. The number of benzene rings is 3. The van der Waals surface area contributed by atoms with Crippen molar-refractivity contribution in [2.75, 3.05) is 0 Å². The van der Waals surface area contributed by atoms with Gasteiger partial charge in [-0.3, -0.25) is 13.9 Å². The highest BCUT2D eigenvalue weighted by Gasteiger charge is 2.36. The van der Waals surface area contributed by atoms with Crippen LogP contribution in [0.15, 0.2) is 76.3 Å². The van der Waals surface area contributed by atoms with E-state index >= 15 is 0 Å². The molecule has 180 valence electrons. The van der Waals surface area contributed by atoms with Crippen molar-refractivity contribution < 1.29 is 4.74 Å². The summed E-state index contributed by atoms with van der Waals surface area (Å²) in [6.45, 7) is 4.05. The van der Waals surface area contributed by atoms with E-state index in [-0.39, 0.29) is 5.56 Å². The van der Waals surface area contributed by atoms with E-state index in [1.165, 1.54) is 11.6 Å². The van der Waals surface area contributed by atoms with Crippen molar-refractivity contribution in [3.63, 3.8) is 0 Å². The van der Waals surface area contributed by atoms with Crippen molar-refractivity contribution in [3.05, 3.63) is 115 Å². The van der Waals surface area contributed by atoms with Crippen LogP contribution in [0.25, 0.3) is 27.8 Å². The number of halogens is 1. The van der Waals surface area contributed by atoms with Gasteiger partial charge in [-0.05, 0) is 54.8 Å². The Morgan fingerprint density at radius 2 is 1.67 bits per heavy atom. The number of nitrogens with zero attached hydrogens (tertiary/aromatic N) is 3. The van der Waals surface area contributed by atoms with Gasteiger partial charge in [0.2, 0.25) is 0 Å². The SMILES string of the molecule is Cc1ccc2c(c1)-n1c(-c3ccccc3C)c3c(=O)n(C)c(=O)n(C)c3c1[C@H](c1cccc(Cl)c1)O2. The molecule has 3 heterocycles. The van der Waals surface area contributed by atoms with Gasteiger partial charge in [-0.1, -0.05) is 54.1 Å². The van der Waals surface area contributed by atoms with Crippen LogP contribution in [0, 0.1) is 13.8 Å². The number of ether oxygens (including phenoxy) is 1. The van der Waals surface area contributed by atoms with E-state index in [2.05, 4.69) is 10.6 Å². The lowest BCUT2D eigenvalue weighted by Gasteiger charge is -2.30. The molecule has 0 amide bonds. The highest BCUT2D eigenvalue weighted by atomic mass is 35.5. The van der Waals surface area contributed by atoms with Crippen molar-refractivity contribution >= 4 is 22.5 Å². The fourth-order valence-corrected chi connectivity index (χ4v) is 5.46. The summed E-state index contributed by atoms with van der Waals surface area (Å²) in [7, 11) is 3.22. The molecule has 0 N–H and O–H groups in total. The van der Waals surface area contributed by atoms with Crippen LogP contribution in [0.1, 0.15) is 28.5 Å². The van der Waals surface area contributed by atoms with Gasteiger partial charge in [0.1, 0.15) is 5.75 Å². The Morgan fingerprint density at radius 3 is 2.42 bits per heavy atom. The highest BCUT2D eigenvalue weighted by molar-refractivity contribution is 6.30. The smallest absolute Gasteiger partial charge is 0.331 e. The van der Waals surface area contributed by atoms with Crippen LogP contribution in [0.5, 0.6) is 5.75 Å². The molecule has 36 heavy (non-hydrogen) atoms. The predicted molar refractivity (Wildman–Crippen MR) is 143 cm³/mol. The fourth-order valence-electron chi connectivity index (χ4n) is 5.26. The minimum atomic E-state index is -0.586. The number of rotatable bonds is 2. The molecule has 0 bridgehead atoms. The fraction of sp³-hybridized carbons (Fsp3) is 0.172. The van der Waals surface area contributed by atoms with E-state index in [1.54, 1.807) is 11.6 Å². The Labute approximate surface area is 212 Å². The maximum absolute atomic E-state index is 13.8. The van der Waals surface area contributed by atoms with Crippen LogP contribution < -0.4 is 16.0 Å². The zero-order valence-corrected chi connectivity index (χ0v) is 21.1. The third-order valence-corrected chi connectivity index (χ3v) is 7.24. The largest absolute Gasteiger partial charge is 0.477 e. The van der Waals surface area contributed by atoms with Gasteiger partial charge in [-0.25, -0.2) is 4.79 Å². The molecular weight excluding hydrogens is 474 g/mol. The molecule has 1 aliphatic rings. The maximum atomic E-state index is 13.8. The molecule has 0 saturated heterocycles. The van der Waals surface area contributed by atoms with Crippen LogP contribution in [-0.2, 0) is 14.1 Å². The topological polar surface area (TPSA) is 58.2 Å². The summed E-state index contributed by atoms with van der Waals surface area (Å²) in [5, 5.41) is 1.06. The molecule has 0 radical (unpaired) electrons. The average Bonchev–Trinajstić information content (AvgIpc) is 3.22. The molecule has 0 aliphatic carbocycles. The Morgan fingerprint density at radius 1 is 0.889 bits per heavy atom. The molecule has 3 aromatic carbocycles. The second-order valence-electron chi connectivity index (χ2n) is 9.34. The summed E-state index contributed by atoms with van der Waals surface area (Å²) in [6.07, 6.45) is -0.586. The minimum Gasteiger partial charge on any atom is -0.477 e. The molecule has 2 aromatic heterocycles. The van der Waals surface area contributed by atoms with Gasteiger partial charge in [-0.15, -0.1) is 0 Å². The Balaban J connectivity index is 1.90. The first kappa shape index (κ1) is 22.4. The number of hydrogen-bond donors (Lipinski definition) is 0. The molecule has 0 fully saturated rings. The predicted octanol–water partition coefficient (Wildman–Crippen LogP) is 5.45. The lowest BCUT2D eigenvalue weighted by atomic mass is 10.0. The zero-order chi connectivity index (χ0) is 25.3. The van der Waals surface area contributed by atoms with Gasteiger partial charge < -0.3 is 9.30 Å². The van der Waals surface area contributed by atoms with Crippen molar-refractivity contribution in [1.29, 1.82) is 0 Å². The second kappa shape index (κ2) is 8.00. The molecule has 0 saturated carbocycles. The molecule has 1 aliphatic heterocycles. The molecule has 6 nitrogen and oxygen atoms in total. The molecule has 1 atom stereocenters. The summed E-state index contributed by atoms with van der Waals surface area (Å²) in [5.41, 5.74) is 5.95. The zero-order valence-electron chi connectivity index (χ0n) is 20.4. The third-order valence-electron chi connectivity index (χ3n) is 7.01. The van der Waals surface area contributed by atoms with Crippen molar-refractivity contribution in [3.8, 4) is 22.7 Å². The number of aromatic nitrogens is 3. The van der Waals surface area contributed by atoms with E-state index in [0.29, 0.717) is 21.7 Å². The van der Waals surface area contributed by atoms with Crippen LogP contribution >= 0.6 is 11.6 Å². The number of aryl methyl sites for hydroxylation is 3. The Kier molecular flexibility index (Phi) is 4.99. The van der Waals surface area contributed by atoms with Crippen molar-refractivity contribution in [2.24, 2.45) is 14.1 Å². The van der Waals surface area contributed by atoms with Gasteiger partial charge in [0, 0.05) is 24.7 Å². The number of fused-ring (bicyclic) bond motifs is 5. The first-order valence-electron chi connectivity index (χ1n) is 11.7. The number of hydrogen-bond acceptors (Lipinski definition) is 3. The van der Waals surface area contributed by atoms with E-state index < -0.39 is 11.8 Å². The minimum absolute atomic E-state index is 0.340. The van der Waals surface area contributed by atoms with Gasteiger partial charge in [0.05, 0.1) is 28.0 Å². The lowest BCUT2D eigenvalue weighted by molar-refractivity contribution is 0.229. The lowest BCUT2D eigenvalue weighted by Crippen LogP contribution is -2.37. The van der Waals surface area contributed by atoms with E-state index in [9.17, 15) is 9.59 Å². The van der Waals surface area contributed by atoms with Crippen molar-refractivity contribution in [2.45, 2.75) is 20.0 Å². The first-order chi connectivity index (χ1) is 17.3. The van der Waals surface area contributed by atoms with E-state index in [4.69, 9.17) is 16.3 Å². The molecule has 6 rings (SSSR count). The summed E-state index contributed by atoms with van der Waals surface area (Å²) >= 11 is 6.38. The van der Waals surface area contributed by atoms with Crippen LogP contribution in [0.4, 0.5) is 0 Å². The normalized spacial score (nSPS) is 14.4. The van der Waals surface area contributed by atoms with Gasteiger partial charge in [0.25, 0.3) is 5.56 Å². The average molecular weight is 498 g/mol. The third kappa shape index (κ3) is 3.11. The van der Waals surface area contributed by atoms with Crippen LogP contribution in [0.3, 0.4) is 0 Å². The van der Waals surface area contributed by atoms with E-state index in [1.807, 2.05) is 74.5 Å². The Bertz CT molecular complexity index is 1830. The monoisotopic (exact) mass is 497 g/mol. The quantitative estimate of drug-likeness (QED) is 0.326. The standard InChI is InChI=1S/C29H24ClN3O3/c1-16-12-13-22-21(14-16)33-24(20-11-6-5-8-17(20)2)23-25(31(3)29(35)32(4)28(23)34)26(33)27(36-22)18-9-7-10-19(30)15-18/h5-15,27H,1-4H3/t27-/m0/s1. The van der Waals surface area contributed by atoms with Crippen molar-refractivity contribution in [1.82, 2.24) is 13.7 Å². The highest BCUT2D eigenvalue weighted by Crippen LogP contribution is 2.47. The van der Waals surface area contributed by atoms with E-state index in [0.717, 1.165) is 39.3 Å². The second-order valence-corrected chi connectivity index (χ2v) is 9.77. The molecule has 0 spiro atoms. The summed E-state index contributed by atoms with van der Waals surface area (Å²) < 4.78 is 11.4. The van der Waals surface area contributed by atoms with Crippen LogP contribution in [0.2, 0.25) is 5.02 Å². The van der Waals surface area contributed by atoms with Gasteiger partial charge in [-0.2, -0.15) is 0 Å². The summed E-state index contributed by atoms with van der Waals surface area (Å²) in [6, 6.07) is 21.5. The maximum Gasteiger partial charge on any atom is 0.331 e. The Hall–Kier alpha value is -4.03. The van der Waals surface area contributed by atoms with Gasteiger partial charge >= 0.3 is 5.69 Å². The van der Waals surface area contributed by atoms with Crippen LogP contribution in [-0.4, -0.2) is 13.7 Å². The molecule has 0 unspecified atom stereocenters. The molecule has 7 heteroatoms. The molecule has 5 aromatic rings. The van der Waals surface area contributed by atoms with Gasteiger partial charge in [0.15, 0.2) is 6.10 Å². The summed E-state index contributed by atoms with van der Waals surface area (Å²) in [5.74, 6) is 0.690.